The van der Waals surface area contributed by atoms with Gasteiger partial charge in [-0.3, -0.25) is 4.79 Å². The van der Waals surface area contributed by atoms with Gasteiger partial charge in [-0.25, -0.2) is 4.79 Å². The molecule has 0 aliphatic carbocycles. The number of nitrogens with zero attached hydrogens (tertiary/aromatic N) is 1. The molecule has 0 radical (unpaired) electrons. The summed E-state index contributed by atoms with van der Waals surface area (Å²) in [6, 6.07) is 3.37. The summed E-state index contributed by atoms with van der Waals surface area (Å²) in [4.78, 5) is 22.4. The highest BCUT2D eigenvalue weighted by Gasteiger charge is 2.17. The molecule has 0 bridgehead atoms. The predicted octanol–water partition coefficient (Wildman–Crippen LogP) is -0.711. The van der Waals surface area contributed by atoms with Gasteiger partial charge in [0.15, 0.2) is 6.10 Å². The monoisotopic (exact) mass is 226 g/mol. The van der Waals surface area contributed by atoms with E-state index >= 15 is 0 Å². The van der Waals surface area contributed by atoms with Gasteiger partial charge in [-0.15, -0.1) is 0 Å². The van der Waals surface area contributed by atoms with Crippen LogP contribution in [0.1, 0.15) is 10.5 Å². The van der Waals surface area contributed by atoms with Crippen molar-refractivity contribution in [2.75, 3.05) is 13.7 Å². The smallest absolute Gasteiger partial charge is 0.336 e. The molecule has 0 fully saturated rings. The lowest BCUT2D eigenvalue weighted by Crippen LogP contribution is -2.37. The first-order chi connectivity index (χ1) is 7.56. The average Bonchev–Trinajstić information content (AvgIpc) is 2.70. The van der Waals surface area contributed by atoms with Crippen LogP contribution in [0.4, 0.5) is 0 Å². The third-order valence-corrected chi connectivity index (χ3v) is 2.11. The highest BCUT2D eigenvalue weighted by atomic mass is 16.5. The molecular formula is C10H14N2O4. The molecule has 1 aromatic rings. The van der Waals surface area contributed by atoms with Gasteiger partial charge in [-0.05, 0) is 12.1 Å². The van der Waals surface area contributed by atoms with E-state index in [0.29, 0.717) is 5.69 Å². The number of methoxy groups -OCH3 is 1. The lowest BCUT2D eigenvalue weighted by Gasteiger charge is -2.09. The summed E-state index contributed by atoms with van der Waals surface area (Å²) >= 11 is 0. The first-order valence-electron chi connectivity index (χ1n) is 4.71. The molecule has 0 saturated heterocycles. The van der Waals surface area contributed by atoms with Crippen molar-refractivity contribution < 1.29 is 19.4 Å². The van der Waals surface area contributed by atoms with Gasteiger partial charge in [-0.2, -0.15) is 0 Å². The number of esters is 1. The van der Waals surface area contributed by atoms with E-state index in [1.165, 1.54) is 7.11 Å². The Hall–Kier alpha value is -1.82. The van der Waals surface area contributed by atoms with Gasteiger partial charge in [0.05, 0.1) is 13.7 Å². The molecule has 16 heavy (non-hydrogen) atoms. The van der Waals surface area contributed by atoms with Crippen LogP contribution in [0.3, 0.4) is 0 Å². The Kier molecular flexibility index (Phi) is 4.07. The summed E-state index contributed by atoms with van der Waals surface area (Å²) in [7, 11) is 2.90. The number of aryl methyl sites for hydroxylation is 1. The summed E-state index contributed by atoms with van der Waals surface area (Å²) < 4.78 is 5.95. The average molecular weight is 226 g/mol. The van der Waals surface area contributed by atoms with Crippen LogP contribution in [0.2, 0.25) is 0 Å². The molecule has 88 valence electrons. The Morgan fingerprint density at radius 2 is 2.31 bits per heavy atom. The standard InChI is InChI=1S/C10H14N2O4/c1-12-5-3-4-7(12)9(14)11-6-8(13)10(15)16-2/h3-5,8,13H,6H2,1-2H3,(H,11,14). The second-order valence-electron chi connectivity index (χ2n) is 3.25. The van der Waals surface area contributed by atoms with E-state index in [1.807, 2.05) is 0 Å². The lowest BCUT2D eigenvalue weighted by molar-refractivity contribution is -0.149. The maximum absolute atomic E-state index is 11.5. The summed E-state index contributed by atoms with van der Waals surface area (Å²) in [5.41, 5.74) is 0.456. The van der Waals surface area contributed by atoms with E-state index in [4.69, 9.17) is 0 Å². The molecule has 1 amide bonds. The summed E-state index contributed by atoms with van der Waals surface area (Å²) in [5, 5.41) is 11.7. The molecule has 0 aliphatic heterocycles. The second kappa shape index (κ2) is 5.32. The van der Waals surface area contributed by atoms with Crippen LogP contribution in [-0.4, -0.2) is 41.3 Å². The van der Waals surface area contributed by atoms with Crippen LogP contribution in [0.15, 0.2) is 18.3 Å². The normalized spacial score (nSPS) is 11.9. The molecule has 2 N–H and O–H groups in total. The van der Waals surface area contributed by atoms with Crippen molar-refractivity contribution in [1.29, 1.82) is 0 Å². The minimum Gasteiger partial charge on any atom is -0.467 e. The van der Waals surface area contributed by atoms with Crippen LogP contribution < -0.4 is 5.32 Å². The van der Waals surface area contributed by atoms with Gasteiger partial charge >= 0.3 is 5.97 Å². The van der Waals surface area contributed by atoms with Crippen molar-refractivity contribution in [3.8, 4) is 0 Å². The SMILES string of the molecule is COC(=O)C(O)CNC(=O)c1cccn1C. The highest BCUT2D eigenvalue weighted by Crippen LogP contribution is 1.99. The molecule has 6 nitrogen and oxygen atoms in total. The first kappa shape index (κ1) is 12.3. The van der Waals surface area contributed by atoms with Crippen molar-refractivity contribution in [1.82, 2.24) is 9.88 Å². The van der Waals surface area contributed by atoms with Crippen molar-refractivity contribution in [3.05, 3.63) is 24.0 Å². The Balaban J connectivity index is 2.48. The van der Waals surface area contributed by atoms with Gasteiger partial charge in [0.1, 0.15) is 5.69 Å². The third-order valence-electron chi connectivity index (χ3n) is 2.11. The first-order valence-corrected chi connectivity index (χ1v) is 4.71. The van der Waals surface area contributed by atoms with Crippen molar-refractivity contribution >= 4 is 11.9 Å². The maximum Gasteiger partial charge on any atom is 0.336 e. The number of ether oxygens (including phenoxy) is 1. The quantitative estimate of drug-likeness (QED) is 0.664. The zero-order chi connectivity index (χ0) is 12.1. The predicted molar refractivity (Wildman–Crippen MR) is 55.8 cm³/mol. The molecule has 0 saturated carbocycles. The number of carbonyl (C=O) groups is 2. The fourth-order valence-corrected chi connectivity index (χ4v) is 1.20. The van der Waals surface area contributed by atoms with Gasteiger partial charge in [0.25, 0.3) is 5.91 Å². The lowest BCUT2D eigenvalue weighted by atomic mass is 10.3. The van der Waals surface area contributed by atoms with Crippen LogP contribution in [0.5, 0.6) is 0 Å². The minimum absolute atomic E-state index is 0.170. The molecule has 1 aromatic heterocycles. The van der Waals surface area contributed by atoms with E-state index in [1.54, 1.807) is 29.9 Å². The van der Waals surface area contributed by atoms with Crippen LogP contribution in [0, 0.1) is 0 Å². The number of rotatable bonds is 4. The van der Waals surface area contributed by atoms with E-state index in [-0.39, 0.29) is 12.5 Å². The summed E-state index contributed by atoms with van der Waals surface area (Å²) in [6.45, 7) is -0.170. The highest BCUT2D eigenvalue weighted by molar-refractivity contribution is 5.93. The topological polar surface area (TPSA) is 80.6 Å². The van der Waals surface area contributed by atoms with Gasteiger partial charge in [0.2, 0.25) is 0 Å². The zero-order valence-corrected chi connectivity index (χ0v) is 9.14. The van der Waals surface area contributed by atoms with Crippen molar-refractivity contribution in [2.45, 2.75) is 6.10 Å². The van der Waals surface area contributed by atoms with Gasteiger partial charge in [0, 0.05) is 13.2 Å². The Morgan fingerprint density at radius 3 is 2.81 bits per heavy atom. The fraction of sp³-hybridized carbons (Fsp3) is 0.400. The van der Waals surface area contributed by atoms with Gasteiger partial charge in [-0.1, -0.05) is 0 Å². The molecule has 0 spiro atoms. The number of nitrogens with one attached hydrogen (secondary N) is 1. The van der Waals surface area contributed by atoms with Crippen LogP contribution >= 0.6 is 0 Å². The minimum atomic E-state index is -1.34. The molecule has 1 heterocycles. The fourth-order valence-electron chi connectivity index (χ4n) is 1.20. The zero-order valence-electron chi connectivity index (χ0n) is 9.14. The van der Waals surface area contributed by atoms with Crippen molar-refractivity contribution in [3.63, 3.8) is 0 Å². The molecular weight excluding hydrogens is 212 g/mol. The van der Waals surface area contributed by atoms with E-state index in [2.05, 4.69) is 10.1 Å². The second-order valence-corrected chi connectivity index (χ2v) is 3.25. The van der Waals surface area contributed by atoms with E-state index in [9.17, 15) is 14.7 Å². The molecule has 1 unspecified atom stereocenters. The molecule has 1 rings (SSSR count). The Morgan fingerprint density at radius 1 is 1.62 bits per heavy atom. The van der Waals surface area contributed by atoms with Crippen molar-refractivity contribution in [2.24, 2.45) is 7.05 Å². The van der Waals surface area contributed by atoms with Gasteiger partial charge < -0.3 is 19.7 Å². The Bertz CT molecular complexity index is 386. The molecule has 0 aliphatic rings. The van der Waals surface area contributed by atoms with E-state index in [0.717, 1.165) is 0 Å². The number of amides is 1. The molecule has 1 atom stereocenters. The summed E-state index contributed by atoms with van der Waals surface area (Å²) in [5.74, 6) is -1.12. The molecule has 0 aromatic carbocycles. The largest absolute Gasteiger partial charge is 0.467 e. The molecule has 6 heteroatoms. The number of aliphatic hydroxyl groups excluding tert-OH is 1. The number of hydrogen-bond donors (Lipinski definition) is 2. The van der Waals surface area contributed by atoms with Crippen LogP contribution in [-0.2, 0) is 16.6 Å². The number of aliphatic hydroxyl groups is 1. The number of aromatic nitrogens is 1. The number of hydrogen-bond acceptors (Lipinski definition) is 4. The summed E-state index contributed by atoms with van der Waals surface area (Å²) in [6.07, 6.45) is 0.389. The third kappa shape index (κ3) is 2.83. The number of carbonyl (C=O) groups excluding carboxylic acids is 2. The maximum atomic E-state index is 11.5. The van der Waals surface area contributed by atoms with Crippen LogP contribution in [0.25, 0.3) is 0 Å². The van der Waals surface area contributed by atoms with E-state index < -0.39 is 12.1 Å². The Labute approximate surface area is 92.8 Å².